The highest BCUT2D eigenvalue weighted by Crippen LogP contribution is 2.26. The molecule has 92 valence electrons. The van der Waals surface area contributed by atoms with Crippen LogP contribution >= 0.6 is 38.6 Å². The van der Waals surface area contributed by atoms with E-state index in [0.717, 1.165) is 19.5 Å². The van der Waals surface area contributed by atoms with Crippen molar-refractivity contribution in [3.8, 4) is 0 Å². The van der Waals surface area contributed by atoms with Crippen LogP contribution in [0.1, 0.15) is 26.4 Å². The van der Waals surface area contributed by atoms with Crippen molar-refractivity contribution in [2.24, 2.45) is 0 Å². The van der Waals surface area contributed by atoms with Crippen LogP contribution in [0.5, 0.6) is 0 Å². The highest BCUT2D eigenvalue weighted by molar-refractivity contribution is 9.10. The fourth-order valence-corrected chi connectivity index (χ4v) is 4.12. The highest BCUT2D eigenvalue weighted by atomic mass is 79.9. The molecule has 2 aromatic heterocycles. The molecule has 0 atom stereocenters. The van der Waals surface area contributed by atoms with Crippen molar-refractivity contribution in [1.29, 1.82) is 0 Å². The zero-order chi connectivity index (χ0) is 12.3. The zero-order valence-electron chi connectivity index (χ0n) is 10.0. The molecule has 0 radical (unpaired) electrons. The molecule has 0 aliphatic rings. The van der Waals surface area contributed by atoms with E-state index < -0.39 is 0 Å². The lowest BCUT2D eigenvalue weighted by atomic mass is 10.3. The van der Waals surface area contributed by atoms with Crippen LogP contribution in [0.4, 0.5) is 0 Å². The Morgan fingerprint density at radius 2 is 1.82 bits per heavy atom. The molecule has 1 nitrogen and oxygen atoms in total. The van der Waals surface area contributed by atoms with Crippen molar-refractivity contribution in [2.45, 2.75) is 33.4 Å². The molecule has 2 heterocycles. The maximum absolute atomic E-state index is 3.55. The van der Waals surface area contributed by atoms with Crippen molar-refractivity contribution in [3.63, 3.8) is 0 Å². The van der Waals surface area contributed by atoms with Gasteiger partial charge in [-0.15, -0.1) is 22.7 Å². The van der Waals surface area contributed by atoms with E-state index in [0.29, 0.717) is 0 Å². The van der Waals surface area contributed by atoms with E-state index in [4.69, 9.17) is 0 Å². The minimum Gasteiger partial charge on any atom is -0.307 e. The fraction of sp³-hybridized carbons (Fsp3) is 0.385. The van der Waals surface area contributed by atoms with Crippen molar-refractivity contribution in [2.75, 3.05) is 0 Å². The van der Waals surface area contributed by atoms with Crippen LogP contribution in [0.25, 0.3) is 0 Å². The molecule has 0 aliphatic carbocycles. The van der Waals surface area contributed by atoms with Crippen LogP contribution in [0.3, 0.4) is 0 Å². The molecule has 0 aliphatic heterocycles. The molecule has 0 saturated heterocycles. The van der Waals surface area contributed by atoms with E-state index in [2.05, 4.69) is 53.3 Å². The van der Waals surface area contributed by atoms with E-state index in [1.54, 1.807) is 0 Å². The Hall–Kier alpha value is -0.160. The van der Waals surface area contributed by atoms with Gasteiger partial charge in [0.05, 0.1) is 0 Å². The molecule has 0 aromatic carbocycles. The first-order chi connectivity index (χ1) is 8.19. The highest BCUT2D eigenvalue weighted by Gasteiger charge is 2.03. The molecule has 4 heteroatoms. The average Bonchev–Trinajstić information content (AvgIpc) is 2.87. The molecule has 0 bridgehead atoms. The SMILES string of the molecule is CCc1ccc(CNCc2cc(Br)c(C)s2)s1. The van der Waals surface area contributed by atoms with Gasteiger partial charge in [-0.1, -0.05) is 6.92 Å². The van der Waals surface area contributed by atoms with Gasteiger partial charge >= 0.3 is 0 Å². The summed E-state index contributed by atoms with van der Waals surface area (Å²) in [6.45, 7) is 6.27. The minimum absolute atomic E-state index is 0.955. The number of rotatable bonds is 5. The number of thiophene rings is 2. The lowest BCUT2D eigenvalue weighted by Crippen LogP contribution is -2.10. The molecule has 0 fully saturated rings. The summed E-state index contributed by atoms with van der Waals surface area (Å²) < 4.78 is 1.23. The van der Waals surface area contributed by atoms with E-state index >= 15 is 0 Å². The normalized spacial score (nSPS) is 11.0. The van der Waals surface area contributed by atoms with Crippen molar-refractivity contribution in [1.82, 2.24) is 5.32 Å². The van der Waals surface area contributed by atoms with Gasteiger partial charge in [0.2, 0.25) is 0 Å². The molecule has 17 heavy (non-hydrogen) atoms. The molecular weight excluding hydrogens is 314 g/mol. The van der Waals surface area contributed by atoms with Gasteiger partial charge in [0.15, 0.2) is 0 Å². The van der Waals surface area contributed by atoms with Crippen LogP contribution in [0, 0.1) is 6.92 Å². The van der Waals surface area contributed by atoms with Crippen LogP contribution in [0.2, 0.25) is 0 Å². The second-order valence-electron chi connectivity index (χ2n) is 3.94. The Morgan fingerprint density at radius 3 is 2.41 bits per heavy atom. The Morgan fingerprint density at radius 1 is 1.12 bits per heavy atom. The van der Waals surface area contributed by atoms with E-state index in [9.17, 15) is 0 Å². The summed E-state index contributed by atoms with van der Waals surface area (Å²) in [5.41, 5.74) is 0. The summed E-state index contributed by atoms with van der Waals surface area (Å²) in [5.74, 6) is 0. The monoisotopic (exact) mass is 329 g/mol. The quantitative estimate of drug-likeness (QED) is 0.835. The van der Waals surface area contributed by atoms with Gasteiger partial charge in [0, 0.05) is 37.1 Å². The third kappa shape index (κ3) is 3.65. The Bertz CT molecular complexity index is 468. The number of aryl methyl sites for hydroxylation is 2. The molecule has 2 rings (SSSR count). The summed E-state index contributed by atoms with van der Waals surface area (Å²) in [4.78, 5) is 5.64. The molecule has 2 aromatic rings. The number of hydrogen-bond donors (Lipinski definition) is 1. The first kappa shape index (κ1) is 13.3. The molecule has 1 N–H and O–H groups in total. The minimum atomic E-state index is 0.955. The lowest BCUT2D eigenvalue weighted by Gasteiger charge is -2.00. The van der Waals surface area contributed by atoms with Crippen molar-refractivity contribution < 1.29 is 0 Å². The van der Waals surface area contributed by atoms with Crippen LogP contribution in [-0.2, 0) is 19.5 Å². The molecule has 0 amide bonds. The standard InChI is InChI=1S/C13H16BrNS2/c1-3-10-4-5-11(17-10)7-15-8-12-6-13(14)9(2)16-12/h4-6,15H,3,7-8H2,1-2H3. The molecule has 0 unspecified atom stereocenters. The molecule has 0 spiro atoms. The summed E-state index contributed by atoms with van der Waals surface area (Å²) in [6.07, 6.45) is 1.14. The zero-order valence-corrected chi connectivity index (χ0v) is 13.3. The summed E-state index contributed by atoms with van der Waals surface area (Å²) in [7, 11) is 0. The van der Waals surface area contributed by atoms with Crippen molar-refractivity contribution in [3.05, 3.63) is 42.2 Å². The lowest BCUT2D eigenvalue weighted by molar-refractivity contribution is 0.709. The molecule has 0 saturated carbocycles. The Labute approximate surface area is 119 Å². The average molecular weight is 330 g/mol. The predicted octanol–water partition coefficient (Wildman–Crippen LogP) is 4.73. The van der Waals surface area contributed by atoms with Gasteiger partial charge in [0.25, 0.3) is 0 Å². The van der Waals surface area contributed by atoms with E-state index in [-0.39, 0.29) is 0 Å². The summed E-state index contributed by atoms with van der Waals surface area (Å²) in [6, 6.07) is 6.67. The first-order valence-corrected chi connectivity index (χ1v) is 8.14. The Kier molecular flexibility index (Phi) is 4.79. The van der Waals surface area contributed by atoms with Gasteiger partial charge < -0.3 is 5.32 Å². The number of halogens is 1. The Balaban J connectivity index is 1.83. The molecular formula is C13H16BrNS2. The van der Waals surface area contributed by atoms with Crippen molar-refractivity contribution >= 4 is 38.6 Å². The maximum Gasteiger partial charge on any atom is 0.0314 e. The largest absolute Gasteiger partial charge is 0.307 e. The second-order valence-corrected chi connectivity index (χ2v) is 7.39. The summed E-state index contributed by atoms with van der Waals surface area (Å²) >= 11 is 7.31. The number of hydrogen-bond acceptors (Lipinski definition) is 3. The van der Waals surface area contributed by atoms with Gasteiger partial charge in [-0.2, -0.15) is 0 Å². The van der Waals surface area contributed by atoms with Gasteiger partial charge in [0.1, 0.15) is 0 Å². The van der Waals surface area contributed by atoms with Crippen LogP contribution in [-0.4, -0.2) is 0 Å². The first-order valence-electron chi connectivity index (χ1n) is 5.72. The third-order valence-corrected chi connectivity index (χ3v) is 5.94. The second kappa shape index (κ2) is 6.14. The van der Waals surface area contributed by atoms with Gasteiger partial charge in [-0.25, -0.2) is 0 Å². The third-order valence-electron chi connectivity index (χ3n) is 2.57. The number of nitrogens with one attached hydrogen (secondary N) is 1. The van der Waals surface area contributed by atoms with E-state index in [1.165, 1.54) is 24.0 Å². The summed E-state index contributed by atoms with van der Waals surface area (Å²) in [5, 5.41) is 3.50. The van der Waals surface area contributed by atoms with Crippen LogP contribution in [0.15, 0.2) is 22.7 Å². The maximum atomic E-state index is 3.55. The predicted molar refractivity (Wildman–Crippen MR) is 81.0 cm³/mol. The van der Waals surface area contributed by atoms with Gasteiger partial charge in [-0.05, 0) is 47.5 Å². The fourth-order valence-electron chi connectivity index (χ4n) is 1.62. The smallest absolute Gasteiger partial charge is 0.0314 e. The van der Waals surface area contributed by atoms with Gasteiger partial charge in [-0.3, -0.25) is 0 Å². The van der Waals surface area contributed by atoms with E-state index in [1.807, 2.05) is 22.7 Å². The topological polar surface area (TPSA) is 12.0 Å². The van der Waals surface area contributed by atoms with Crippen LogP contribution < -0.4 is 5.32 Å².